The van der Waals surface area contributed by atoms with Gasteiger partial charge in [-0.3, -0.25) is 19.7 Å². The number of nitrogens with zero attached hydrogens (tertiary/aromatic N) is 2. The molecule has 0 radical (unpaired) electrons. The molecule has 0 aliphatic carbocycles. The fourth-order valence-electron chi connectivity index (χ4n) is 2.70. The highest BCUT2D eigenvalue weighted by atomic mass is 16.6. The number of nitro benzene ring substituents is 1. The average Bonchev–Trinajstić information content (AvgIpc) is 2.85. The molecule has 0 bridgehead atoms. The van der Waals surface area contributed by atoms with Crippen LogP contribution in [0.25, 0.3) is 0 Å². The van der Waals surface area contributed by atoms with Gasteiger partial charge in [-0.15, -0.1) is 0 Å². The summed E-state index contributed by atoms with van der Waals surface area (Å²) in [7, 11) is 0. The fourth-order valence-corrected chi connectivity index (χ4v) is 2.70. The second-order valence-electron chi connectivity index (χ2n) is 5.14. The number of ether oxygens (including phenoxy) is 1. The maximum absolute atomic E-state index is 12.7. The van der Waals surface area contributed by atoms with E-state index >= 15 is 0 Å². The summed E-state index contributed by atoms with van der Waals surface area (Å²) in [5.74, 6) is -0.797. The molecule has 118 valence electrons. The number of hydrogen-bond donors (Lipinski definition) is 0. The van der Waals surface area contributed by atoms with Gasteiger partial charge in [0.2, 0.25) is 5.91 Å². The Bertz CT molecular complexity index is 598. The molecule has 1 aliphatic heterocycles. The van der Waals surface area contributed by atoms with Crippen LogP contribution in [0.2, 0.25) is 0 Å². The van der Waals surface area contributed by atoms with E-state index in [1.807, 2.05) is 0 Å². The molecule has 1 aromatic rings. The number of rotatable bonds is 5. The zero-order valence-electron chi connectivity index (χ0n) is 12.6. The smallest absolute Gasteiger partial charge is 0.321 e. The number of benzene rings is 1. The number of non-ortho nitro benzene ring substituents is 1. The lowest BCUT2D eigenvalue weighted by atomic mass is 9.83. The summed E-state index contributed by atoms with van der Waals surface area (Å²) in [6.45, 7) is 4.11. The van der Waals surface area contributed by atoms with Gasteiger partial charge in [-0.2, -0.15) is 0 Å². The molecule has 2 rings (SSSR count). The van der Waals surface area contributed by atoms with Crippen molar-refractivity contribution >= 4 is 23.3 Å². The Morgan fingerprint density at radius 2 is 2.00 bits per heavy atom. The number of anilines is 1. The summed E-state index contributed by atoms with van der Waals surface area (Å²) < 4.78 is 5.05. The van der Waals surface area contributed by atoms with E-state index in [1.54, 1.807) is 13.8 Å². The molecular weight excluding hydrogens is 288 g/mol. The minimum absolute atomic E-state index is 0.0393. The van der Waals surface area contributed by atoms with Crippen molar-refractivity contribution in [3.05, 3.63) is 34.4 Å². The van der Waals surface area contributed by atoms with E-state index in [1.165, 1.54) is 29.2 Å². The third kappa shape index (κ3) is 2.54. The van der Waals surface area contributed by atoms with Crippen LogP contribution in [0.3, 0.4) is 0 Å². The largest absolute Gasteiger partial charge is 0.465 e. The van der Waals surface area contributed by atoms with Gasteiger partial charge in [0, 0.05) is 24.4 Å². The van der Waals surface area contributed by atoms with E-state index in [-0.39, 0.29) is 18.2 Å². The maximum Gasteiger partial charge on any atom is 0.321 e. The van der Waals surface area contributed by atoms with Crippen molar-refractivity contribution in [1.29, 1.82) is 0 Å². The lowest BCUT2D eigenvalue weighted by Crippen LogP contribution is -2.41. The van der Waals surface area contributed by atoms with Gasteiger partial charge in [0.15, 0.2) is 0 Å². The summed E-state index contributed by atoms with van der Waals surface area (Å²) >= 11 is 0. The number of carbonyl (C=O) groups is 2. The second kappa shape index (κ2) is 6.13. The van der Waals surface area contributed by atoms with Crippen LogP contribution in [0.1, 0.15) is 26.7 Å². The highest BCUT2D eigenvalue weighted by Gasteiger charge is 2.52. The molecule has 1 aromatic carbocycles. The molecule has 1 unspecified atom stereocenters. The van der Waals surface area contributed by atoms with Crippen molar-refractivity contribution in [2.24, 2.45) is 5.41 Å². The first kappa shape index (κ1) is 15.9. The van der Waals surface area contributed by atoms with Crippen LogP contribution in [0.4, 0.5) is 11.4 Å². The van der Waals surface area contributed by atoms with E-state index in [9.17, 15) is 19.7 Å². The normalized spacial score (nSPS) is 21.0. The highest BCUT2D eigenvalue weighted by molar-refractivity contribution is 6.12. The van der Waals surface area contributed by atoms with Gasteiger partial charge in [0.1, 0.15) is 5.41 Å². The molecule has 0 spiro atoms. The topological polar surface area (TPSA) is 89.8 Å². The monoisotopic (exact) mass is 306 g/mol. The van der Waals surface area contributed by atoms with Crippen LogP contribution < -0.4 is 4.90 Å². The molecular formula is C15H18N2O5. The average molecular weight is 306 g/mol. The summed E-state index contributed by atoms with van der Waals surface area (Å²) in [6, 6.07) is 5.73. The van der Waals surface area contributed by atoms with E-state index < -0.39 is 16.3 Å². The Hall–Kier alpha value is -2.44. The van der Waals surface area contributed by atoms with E-state index in [0.717, 1.165) is 0 Å². The van der Waals surface area contributed by atoms with Gasteiger partial charge >= 0.3 is 5.97 Å². The third-order valence-corrected chi connectivity index (χ3v) is 4.06. The number of nitro groups is 1. The highest BCUT2D eigenvalue weighted by Crippen LogP contribution is 2.39. The molecule has 22 heavy (non-hydrogen) atoms. The fraction of sp³-hybridized carbons (Fsp3) is 0.467. The standard InChI is InChI=1S/C15H18N2O5/c1-3-15(14(19)22-4-2)9-10-16(13(15)18)11-5-7-12(8-6-11)17(20)21/h5-8H,3-4,9-10H2,1-2H3. The zero-order valence-corrected chi connectivity index (χ0v) is 12.6. The molecule has 0 aromatic heterocycles. The molecule has 1 fully saturated rings. The van der Waals surface area contributed by atoms with Crippen LogP contribution in [0.15, 0.2) is 24.3 Å². The van der Waals surface area contributed by atoms with E-state index in [2.05, 4.69) is 0 Å². The second-order valence-corrected chi connectivity index (χ2v) is 5.14. The van der Waals surface area contributed by atoms with Crippen molar-refractivity contribution in [2.45, 2.75) is 26.7 Å². The zero-order chi connectivity index (χ0) is 16.3. The SMILES string of the molecule is CCOC(=O)C1(CC)CCN(c2ccc([N+](=O)[O-])cc2)C1=O. The van der Waals surface area contributed by atoms with Gasteiger partial charge in [0.25, 0.3) is 5.69 Å². The molecule has 1 amide bonds. The first-order chi connectivity index (χ1) is 10.5. The Labute approximate surface area is 128 Å². The molecule has 7 heteroatoms. The summed E-state index contributed by atoms with van der Waals surface area (Å²) in [4.78, 5) is 36.5. The Morgan fingerprint density at radius 3 is 2.50 bits per heavy atom. The van der Waals surface area contributed by atoms with Gasteiger partial charge in [0.05, 0.1) is 11.5 Å². The van der Waals surface area contributed by atoms with Crippen molar-refractivity contribution in [2.75, 3.05) is 18.1 Å². The Balaban J connectivity index is 2.26. The number of esters is 1. The molecule has 1 heterocycles. The van der Waals surface area contributed by atoms with Crippen molar-refractivity contribution in [3.63, 3.8) is 0 Å². The molecule has 1 atom stereocenters. The van der Waals surface area contributed by atoms with Crippen LogP contribution in [0.5, 0.6) is 0 Å². The van der Waals surface area contributed by atoms with Crippen LogP contribution in [-0.2, 0) is 14.3 Å². The quantitative estimate of drug-likeness (QED) is 0.360. The van der Waals surface area contributed by atoms with Gasteiger partial charge in [-0.25, -0.2) is 0 Å². The minimum atomic E-state index is -1.14. The molecule has 7 nitrogen and oxygen atoms in total. The summed E-state index contributed by atoms with van der Waals surface area (Å²) in [6.07, 6.45) is 0.756. The lowest BCUT2D eigenvalue weighted by Gasteiger charge is -2.24. The summed E-state index contributed by atoms with van der Waals surface area (Å²) in [5, 5.41) is 10.7. The van der Waals surface area contributed by atoms with Crippen LogP contribution >= 0.6 is 0 Å². The molecule has 1 aliphatic rings. The van der Waals surface area contributed by atoms with Crippen molar-refractivity contribution in [1.82, 2.24) is 0 Å². The van der Waals surface area contributed by atoms with Crippen LogP contribution in [0, 0.1) is 15.5 Å². The molecule has 0 N–H and O–H groups in total. The predicted molar refractivity (Wildman–Crippen MR) is 79.4 cm³/mol. The number of carbonyl (C=O) groups excluding carboxylic acids is 2. The third-order valence-electron chi connectivity index (χ3n) is 4.06. The summed E-state index contributed by atoms with van der Waals surface area (Å²) in [5.41, 5.74) is -0.629. The number of hydrogen-bond acceptors (Lipinski definition) is 5. The van der Waals surface area contributed by atoms with Gasteiger partial charge in [-0.05, 0) is 31.9 Å². The van der Waals surface area contributed by atoms with Crippen molar-refractivity contribution in [3.8, 4) is 0 Å². The molecule has 0 saturated carbocycles. The Kier molecular flexibility index (Phi) is 4.44. The first-order valence-electron chi connectivity index (χ1n) is 7.20. The minimum Gasteiger partial charge on any atom is -0.465 e. The van der Waals surface area contributed by atoms with Crippen molar-refractivity contribution < 1.29 is 19.2 Å². The first-order valence-corrected chi connectivity index (χ1v) is 7.20. The predicted octanol–water partition coefficient (Wildman–Crippen LogP) is 2.29. The van der Waals surface area contributed by atoms with Gasteiger partial charge in [-0.1, -0.05) is 6.92 Å². The maximum atomic E-state index is 12.7. The number of amides is 1. The Morgan fingerprint density at radius 1 is 1.36 bits per heavy atom. The van der Waals surface area contributed by atoms with Gasteiger partial charge < -0.3 is 9.64 Å². The van der Waals surface area contributed by atoms with E-state index in [0.29, 0.717) is 25.1 Å². The van der Waals surface area contributed by atoms with E-state index in [4.69, 9.17) is 4.74 Å². The lowest BCUT2D eigenvalue weighted by molar-refractivity contribution is -0.384. The van der Waals surface area contributed by atoms with Crippen LogP contribution in [-0.4, -0.2) is 30.0 Å². The molecule has 1 saturated heterocycles.